The number of fused-ring (bicyclic) bond motifs is 1. The number of aromatic amines is 1. The first-order valence-corrected chi connectivity index (χ1v) is 12.3. The lowest BCUT2D eigenvalue weighted by Crippen LogP contribution is -2.47. The number of aliphatic hydroxyl groups excluding tert-OH is 1. The lowest BCUT2D eigenvalue weighted by Gasteiger charge is -2.32. The van der Waals surface area contributed by atoms with Gasteiger partial charge in [-0.3, -0.25) is 9.59 Å². The van der Waals surface area contributed by atoms with E-state index in [1.807, 2.05) is 6.92 Å². The molecule has 36 heavy (non-hydrogen) atoms. The van der Waals surface area contributed by atoms with E-state index in [-0.39, 0.29) is 23.7 Å². The average Bonchev–Trinajstić information content (AvgIpc) is 3.64. The van der Waals surface area contributed by atoms with E-state index in [1.54, 1.807) is 17.9 Å². The zero-order chi connectivity index (χ0) is 25.4. The first kappa shape index (κ1) is 24.2. The number of piperidine rings is 1. The summed E-state index contributed by atoms with van der Waals surface area (Å²) in [5, 5.41) is 12.1. The Balaban J connectivity index is 1.43. The Kier molecular flexibility index (Phi) is 6.61. The zero-order valence-electron chi connectivity index (χ0n) is 20.4. The lowest BCUT2D eigenvalue weighted by atomic mass is 10.0. The molecule has 0 unspecified atom stereocenters. The molecular weight excluding hydrogens is 465 g/mol. The fourth-order valence-corrected chi connectivity index (χ4v) is 4.69. The van der Waals surface area contributed by atoms with Gasteiger partial charge in [0, 0.05) is 36.5 Å². The summed E-state index contributed by atoms with van der Waals surface area (Å²) in [6, 6.07) is 3.03. The highest BCUT2D eigenvalue weighted by Gasteiger charge is 2.28. The number of ether oxygens (including phenoxy) is 1. The van der Waals surface area contributed by atoms with Crippen LogP contribution in [-0.4, -0.2) is 69.1 Å². The van der Waals surface area contributed by atoms with Gasteiger partial charge in [0.1, 0.15) is 35.7 Å². The monoisotopic (exact) mass is 495 g/mol. The molecule has 1 saturated carbocycles. The average molecular weight is 496 g/mol. The summed E-state index contributed by atoms with van der Waals surface area (Å²) >= 11 is 0. The Hall–Kier alpha value is -3.53. The second-order valence-corrected chi connectivity index (χ2v) is 9.71. The summed E-state index contributed by atoms with van der Waals surface area (Å²) in [5.74, 6) is 0.0323. The van der Waals surface area contributed by atoms with Crippen molar-refractivity contribution in [3.05, 3.63) is 41.1 Å². The van der Waals surface area contributed by atoms with Gasteiger partial charge in [-0.25, -0.2) is 14.4 Å². The van der Waals surface area contributed by atoms with Crippen LogP contribution in [-0.2, 0) is 4.79 Å². The van der Waals surface area contributed by atoms with E-state index in [0.717, 1.165) is 12.8 Å². The van der Waals surface area contributed by atoms with E-state index in [0.29, 0.717) is 83.3 Å². The fraction of sp³-hybridized carbons (Fsp3) is 0.462. The number of halogens is 1. The summed E-state index contributed by atoms with van der Waals surface area (Å²) in [6.07, 6.45) is 4.86. The van der Waals surface area contributed by atoms with Crippen molar-refractivity contribution in [1.82, 2.24) is 25.2 Å². The standard InChI is InChI=1S/C26H30FN5O4/c1-14-9-18(20(10-19(14)27)36-12-16-3-4-16)23-25-24(29-13-28-23)22(15(2)30-25)26(35)31-17-5-7-32(8-6-17)21(34)11-33/h9-10,13,16-17,30,33H,3-8,11-12H2,1-2H3,(H,31,35). The molecule has 1 aliphatic heterocycles. The molecule has 190 valence electrons. The minimum Gasteiger partial charge on any atom is -0.492 e. The summed E-state index contributed by atoms with van der Waals surface area (Å²) in [7, 11) is 0. The van der Waals surface area contributed by atoms with E-state index in [1.165, 1.54) is 12.4 Å². The predicted molar refractivity (Wildman–Crippen MR) is 131 cm³/mol. The van der Waals surface area contributed by atoms with Crippen LogP contribution >= 0.6 is 0 Å². The number of H-pyrrole nitrogens is 1. The van der Waals surface area contributed by atoms with Crippen molar-refractivity contribution in [2.75, 3.05) is 26.3 Å². The van der Waals surface area contributed by atoms with Crippen LogP contribution in [0.4, 0.5) is 4.39 Å². The molecule has 2 fully saturated rings. The van der Waals surface area contributed by atoms with Crippen molar-refractivity contribution in [3.63, 3.8) is 0 Å². The predicted octanol–water partition coefficient (Wildman–Crippen LogP) is 2.88. The van der Waals surface area contributed by atoms with Crippen molar-refractivity contribution < 1.29 is 23.8 Å². The highest BCUT2D eigenvalue weighted by atomic mass is 19.1. The number of carbonyl (C=O) groups is 2. The van der Waals surface area contributed by atoms with E-state index in [4.69, 9.17) is 9.84 Å². The molecular formula is C26H30FN5O4. The van der Waals surface area contributed by atoms with Crippen LogP contribution in [0.1, 0.15) is 47.3 Å². The highest BCUT2D eigenvalue weighted by Crippen LogP contribution is 2.37. The number of carbonyl (C=O) groups excluding carboxylic acids is 2. The van der Waals surface area contributed by atoms with Crippen LogP contribution in [0.2, 0.25) is 0 Å². The summed E-state index contributed by atoms with van der Waals surface area (Å²) in [5.41, 5.74) is 3.83. The second kappa shape index (κ2) is 9.85. The molecule has 2 amide bonds. The van der Waals surface area contributed by atoms with E-state index < -0.39 is 6.61 Å². The van der Waals surface area contributed by atoms with Gasteiger partial charge >= 0.3 is 0 Å². The fourth-order valence-electron chi connectivity index (χ4n) is 4.69. The van der Waals surface area contributed by atoms with Crippen molar-refractivity contribution in [3.8, 4) is 17.0 Å². The Morgan fingerprint density at radius 1 is 1.19 bits per heavy atom. The molecule has 0 bridgehead atoms. The quantitative estimate of drug-likeness (QED) is 0.464. The normalized spacial score (nSPS) is 16.4. The molecule has 1 aromatic carbocycles. The molecule has 10 heteroatoms. The topological polar surface area (TPSA) is 120 Å². The van der Waals surface area contributed by atoms with Gasteiger partial charge in [0.25, 0.3) is 5.91 Å². The van der Waals surface area contributed by atoms with Crippen molar-refractivity contribution >= 4 is 22.8 Å². The number of nitrogens with zero attached hydrogens (tertiary/aromatic N) is 3. The maximum Gasteiger partial charge on any atom is 0.255 e. The third-order valence-corrected chi connectivity index (χ3v) is 7.00. The Labute approximate surface area is 208 Å². The lowest BCUT2D eigenvalue weighted by molar-refractivity contribution is -0.135. The Morgan fingerprint density at radius 2 is 1.94 bits per heavy atom. The molecule has 5 rings (SSSR count). The molecule has 2 aliphatic rings. The molecule has 9 nitrogen and oxygen atoms in total. The molecule has 3 heterocycles. The molecule has 3 aromatic rings. The number of hydrogen-bond acceptors (Lipinski definition) is 6. The largest absolute Gasteiger partial charge is 0.492 e. The van der Waals surface area contributed by atoms with E-state index >= 15 is 0 Å². The van der Waals surface area contributed by atoms with Gasteiger partial charge < -0.3 is 25.0 Å². The summed E-state index contributed by atoms with van der Waals surface area (Å²) in [6.45, 7) is 4.50. The molecule has 3 N–H and O–H groups in total. The summed E-state index contributed by atoms with van der Waals surface area (Å²) < 4.78 is 20.4. The molecule has 0 radical (unpaired) electrons. The minimum atomic E-state index is -0.505. The van der Waals surface area contributed by atoms with Gasteiger partial charge in [-0.05, 0) is 57.1 Å². The SMILES string of the molecule is Cc1cc(-c2ncnc3c(C(=O)NC4CCN(C(=O)CO)CC4)c(C)[nH]c23)c(OCC2CC2)cc1F. The minimum absolute atomic E-state index is 0.0897. The first-order valence-electron chi connectivity index (χ1n) is 12.3. The molecule has 1 saturated heterocycles. The van der Waals surface area contributed by atoms with Crippen LogP contribution in [0.5, 0.6) is 5.75 Å². The maximum atomic E-state index is 14.4. The van der Waals surface area contributed by atoms with E-state index in [2.05, 4.69) is 20.3 Å². The number of amides is 2. The molecule has 0 spiro atoms. The number of benzene rings is 1. The van der Waals surface area contributed by atoms with Crippen LogP contribution in [0.3, 0.4) is 0 Å². The van der Waals surface area contributed by atoms with Crippen molar-refractivity contribution in [2.45, 2.75) is 45.6 Å². The van der Waals surface area contributed by atoms with E-state index in [9.17, 15) is 14.0 Å². The third-order valence-electron chi connectivity index (χ3n) is 7.00. The summed E-state index contributed by atoms with van der Waals surface area (Å²) in [4.78, 5) is 38.7. The first-order chi connectivity index (χ1) is 17.4. The smallest absolute Gasteiger partial charge is 0.255 e. The highest BCUT2D eigenvalue weighted by molar-refractivity contribution is 6.09. The Morgan fingerprint density at radius 3 is 2.64 bits per heavy atom. The van der Waals surface area contributed by atoms with Crippen LogP contribution in [0.15, 0.2) is 18.5 Å². The van der Waals surface area contributed by atoms with Crippen LogP contribution in [0, 0.1) is 25.6 Å². The molecule has 0 atom stereocenters. The number of aryl methyl sites for hydroxylation is 2. The second-order valence-electron chi connectivity index (χ2n) is 9.71. The Bertz CT molecular complexity index is 1310. The number of likely N-dealkylation sites (tertiary alicyclic amines) is 1. The van der Waals surface area contributed by atoms with Crippen LogP contribution in [0.25, 0.3) is 22.3 Å². The number of aliphatic hydroxyl groups is 1. The van der Waals surface area contributed by atoms with Crippen LogP contribution < -0.4 is 10.1 Å². The zero-order valence-corrected chi connectivity index (χ0v) is 20.4. The van der Waals surface area contributed by atoms with Gasteiger partial charge in [-0.15, -0.1) is 0 Å². The molecule has 1 aliphatic carbocycles. The third kappa shape index (κ3) is 4.77. The number of hydrogen-bond donors (Lipinski definition) is 3. The van der Waals surface area contributed by atoms with Gasteiger partial charge in [-0.1, -0.05) is 0 Å². The van der Waals surface area contributed by atoms with Gasteiger partial charge in [0.2, 0.25) is 5.91 Å². The number of rotatable bonds is 7. The maximum absolute atomic E-state index is 14.4. The number of nitrogens with one attached hydrogen (secondary N) is 2. The van der Waals surface area contributed by atoms with Gasteiger partial charge in [-0.2, -0.15) is 0 Å². The van der Waals surface area contributed by atoms with Gasteiger partial charge in [0.15, 0.2) is 0 Å². The molecule has 2 aromatic heterocycles. The van der Waals surface area contributed by atoms with Gasteiger partial charge in [0.05, 0.1) is 17.7 Å². The van der Waals surface area contributed by atoms with Crippen molar-refractivity contribution in [1.29, 1.82) is 0 Å². The number of aromatic nitrogens is 3. The van der Waals surface area contributed by atoms with Crippen molar-refractivity contribution in [2.24, 2.45) is 5.92 Å².